The summed E-state index contributed by atoms with van der Waals surface area (Å²) in [6.45, 7) is 0. The molecule has 1 atom stereocenters. The third-order valence-electron chi connectivity index (χ3n) is 3.48. The molecule has 1 aliphatic carbocycles. The summed E-state index contributed by atoms with van der Waals surface area (Å²) in [7, 11) is 0. The SMILES string of the molecule is NNC(c1ccc(OC2CC2)cc1)c1cc(Cl)ccc1I. The second-order valence-electron chi connectivity index (χ2n) is 5.15. The Hall–Kier alpha value is -0.820. The van der Waals surface area contributed by atoms with E-state index in [0.29, 0.717) is 11.1 Å². The predicted molar refractivity (Wildman–Crippen MR) is 93.4 cm³/mol. The van der Waals surface area contributed by atoms with Crippen molar-refractivity contribution in [2.75, 3.05) is 0 Å². The van der Waals surface area contributed by atoms with Gasteiger partial charge in [-0.05, 0) is 76.9 Å². The van der Waals surface area contributed by atoms with Gasteiger partial charge in [0, 0.05) is 8.59 Å². The minimum atomic E-state index is -0.0921. The Morgan fingerprint density at radius 3 is 2.52 bits per heavy atom. The van der Waals surface area contributed by atoms with Gasteiger partial charge in [0.2, 0.25) is 0 Å². The number of ether oxygens (including phenoxy) is 1. The summed E-state index contributed by atoms with van der Waals surface area (Å²) in [5, 5.41) is 0.708. The lowest BCUT2D eigenvalue weighted by Crippen LogP contribution is -2.29. The van der Waals surface area contributed by atoms with Gasteiger partial charge in [-0.25, -0.2) is 5.43 Å². The van der Waals surface area contributed by atoms with Crippen molar-refractivity contribution >= 4 is 34.2 Å². The Labute approximate surface area is 142 Å². The van der Waals surface area contributed by atoms with Crippen LogP contribution in [0.25, 0.3) is 0 Å². The lowest BCUT2D eigenvalue weighted by Gasteiger charge is -2.19. The molecule has 0 aromatic heterocycles. The summed E-state index contributed by atoms with van der Waals surface area (Å²) >= 11 is 8.40. The standard InChI is InChI=1S/C16H16ClIN2O/c17-11-3-8-15(18)14(9-11)16(20-19)10-1-4-12(5-2-10)21-13-6-7-13/h1-5,8-9,13,16,20H,6-7,19H2. The average Bonchev–Trinajstić information content (AvgIpc) is 3.29. The Morgan fingerprint density at radius 1 is 1.19 bits per heavy atom. The summed E-state index contributed by atoms with van der Waals surface area (Å²) < 4.78 is 6.89. The predicted octanol–water partition coefficient (Wildman–Crippen LogP) is 4.04. The van der Waals surface area contributed by atoms with E-state index in [-0.39, 0.29) is 6.04 Å². The van der Waals surface area contributed by atoms with Crippen LogP contribution in [0.15, 0.2) is 42.5 Å². The fourth-order valence-corrected chi connectivity index (χ4v) is 3.05. The van der Waals surface area contributed by atoms with Gasteiger partial charge in [-0.2, -0.15) is 0 Å². The molecule has 110 valence electrons. The molecule has 1 saturated carbocycles. The van der Waals surface area contributed by atoms with Crippen molar-refractivity contribution in [1.82, 2.24) is 5.43 Å². The van der Waals surface area contributed by atoms with E-state index in [1.54, 1.807) is 0 Å². The van der Waals surface area contributed by atoms with Gasteiger partial charge in [0.15, 0.2) is 0 Å². The quantitative estimate of drug-likeness (QED) is 0.441. The highest BCUT2D eigenvalue weighted by atomic mass is 127. The van der Waals surface area contributed by atoms with E-state index in [9.17, 15) is 0 Å². The summed E-state index contributed by atoms with van der Waals surface area (Å²) in [5.74, 6) is 6.67. The molecule has 0 bridgehead atoms. The molecule has 2 aromatic rings. The number of halogens is 2. The number of nitrogens with two attached hydrogens (primary N) is 1. The number of nitrogens with one attached hydrogen (secondary N) is 1. The summed E-state index contributed by atoms with van der Waals surface area (Å²) in [4.78, 5) is 0. The van der Waals surface area contributed by atoms with Crippen molar-refractivity contribution < 1.29 is 4.74 Å². The van der Waals surface area contributed by atoms with Gasteiger partial charge in [-0.3, -0.25) is 5.84 Å². The fourth-order valence-electron chi connectivity index (χ4n) is 2.22. The summed E-state index contributed by atoms with van der Waals surface area (Å²) in [5.41, 5.74) is 5.03. The molecule has 1 unspecified atom stereocenters. The molecular formula is C16H16ClIN2O. The molecule has 1 fully saturated rings. The van der Waals surface area contributed by atoms with E-state index in [2.05, 4.69) is 28.0 Å². The Morgan fingerprint density at radius 2 is 1.90 bits per heavy atom. The highest BCUT2D eigenvalue weighted by molar-refractivity contribution is 14.1. The number of benzene rings is 2. The molecule has 1 aliphatic rings. The number of hydrogen-bond donors (Lipinski definition) is 2. The smallest absolute Gasteiger partial charge is 0.119 e. The maximum absolute atomic E-state index is 6.10. The summed E-state index contributed by atoms with van der Waals surface area (Å²) in [6, 6.07) is 13.8. The van der Waals surface area contributed by atoms with Gasteiger partial charge >= 0.3 is 0 Å². The zero-order chi connectivity index (χ0) is 14.8. The van der Waals surface area contributed by atoms with Crippen LogP contribution in [0.3, 0.4) is 0 Å². The van der Waals surface area contributed by atoms with Gasteiger partial charge < -0.3 is 4.74 Å². The molecule has 5 heteroatoms. The second-order valence-corrected chi connectivity index (χ2v) is 6.75. The van der Waals surface area contributed by atoms with Crippen LogP contribution in [-0.4, -0.2) is 6.10 Å². The maximum Gasteiger partial charge on any atom is 0.119 e. The van der Waals surface area contributed by atoms with Crippen LogP contribution in [0.1, 0.15) is 30.0 Å². The molecule has 2 aromatic carbocycles. The minimum Gasteiger partial charge on any atom is -0.490 e. The summed E-state index contributed by atoms with van der Waals surface area (Å²) in [6.07, 6.45) is 2.73. The van der Waals surface area contributed by atoms with Gasteiger partial charge in [0.25, 0.3) is 0 Å². The van der Waals surface area contributed by atoms with Crippen molar-refractivity contribution in [3.8, 4) is 5.75 Å². The van der Waals surface area contributed by atoms with Gasteiger partial charge in [-0.15, -0.1) is 0 Å². The van der Waals surface area contributed by atoms with Crippen molar-refractivity contribution in [3.05, 3.63) is 62.2 Å². The van der Waals surface area contributed by atoms with Crippen LogP contribution in [0.4, 0.5) is 0 Å². The molecule has 0 radical (unpaired) electrons. The highest BCUT2D eigenvalue weighted by Crippen LogP contribution is 2.31. The van der Waals surface area contributed by atoms with E-state index in [4.69, 9.17) is 22.2 Å². The van der Waals surface area contributed by atoms with Crippen LogP contribution in [0, 0.1) is 3.57 Å². The fraction of sp³-hybridized carbons (Fsp3) is 0.250. The molecule has 21 heavy (non-hydrogen) atoms. The van der Waals surface area contributed by atoms with Gasteiger partial charge in [0.1, 0.15) is 5.75 Å². The maximum atomic E-state index is 6.10. The lowest BCUT2D eigenvalue weighted by molar-refractivity contribution is 0.303. The van der Waals surface area contributed by atoms with Gasteiger partial charge in [0.05, 0.1) is 12.1 Å². The first-order valence-electron chi connectivity index (χ1n) is 6.85. The molecule has 0 aliphatic heterocycles. The van der Waals surface area contributed by atoms with Crippen molar-refractivity contribution in [3.63, 3.8) is 0 Å². The third-order valence-corrected chi connectivity index (χ3v) is 4.69. The normalized spacial score (nSPS) is 15.8. The molecule has 0 spiro atoms. The Bertz CT molecular complexity index is 629. The Kier molecular flexibility index (Phi) is 4.69. The number of hydrogen-bond acceptors (Lipinski definition) is 3. The first-order valence-corrected chi connectivity index (χ1v) is 8.31. The second kappa shape index (κ2) is 6.52. The number of hydrazine groups is 1. The molecule has 3 N–H and O–H groups in total. The highest BCUT2D eigenvalue weighted by Gasteiger charge is 2.23. The molecule has 3 rings (SSSR count). The Balaban J connectivity index is 1.86. The topological polar surface area (TPSA) is 47.3 Å². The zero-order valence-electron chi connectivity index (χ0n) is 11.4. The minimum absolute atomic E-state index is 0.0921. The van der Waals surface area contributed by atoms with E-state index < -0.39 is 0 Å². The van der Waals surface area contributed by atoms with Crippen molar-refractivity contribution in [2.24, 2.45) is 5.84 Å². The van der Waals surface area contributed by atoms with Crippen molar-refractivity contribution in [1.29, 1.82) is 0 Å². The van der Waals surface area contributed by atoms with E-state index in [0.717, 1.165) is 33.3 Å². The van der Waals surface area contributed by atoms with Crippen LogP contribution >= 0.6 is 34.2 Å². The largest absolute Gasteiger partial charge is 0.490 e. The third kappa shape index (κ3) is 3.69. The average molecular weight is 415 g/mol. The molecule has 0 saturated heterocycles. The van der Waals surface area contributed by atoms with Crippen molar-refractivity contribution in [2.45, 2.75) is 25.0 Å². The van der Waals surface area contributed by atoms with Crippen LogP contribution in [0.2, 0.25) is 5.02 Å². The van der Waals surface area contributed by atoms with Crippen LogP contribution < -0.4 is 16.0 Å². The molecule has 0 amide bonds. The van der Waals surface area contributed by atoms with E-state index >= 15 is 0 Å². The van der Waals surface area contributed by atoms with E-state index in [1.165, 1.54) is 0 Å². The first-order chi connectivity index (χ1) is 10.2. The van der Waals surface area contributed by atoms with E-state index in [1.807, 2.05) is 42.5 Å². The monoisotopic (exact) mass is 414 g/mol. The lowest BCUT2D eigenvalue weighted by atomic mass is 9.99. The molecular weight excluding hydrogens is 399 g/mol. The molecule has 0 heterocycles. The zero-order valence-corrected chi connectivity index (χ0v) is 14.3. The van der Waals surface area contributed by atoms with Crippen LogP contribution in [0.5, 0.6) is 5.75 Å². The van der Waals surface area contributed by atoms with Crippen LogP contribution in [-0.2, 0) is 0 Å². The first kappa shape index (κ1) is 15.1. The van der Waals surface area contributed by atoms with Gasteiger partial charge in [-0.1, -0.05) is 23.7 Å². The molecule has 3 nitrogen and oxygen atoms in total. The number of rotatable bonds is 5.